The van der Waals surface area contributed by atoms with Crippen molar-refractivity contribution in [3.05, 3.63) is 29.3 Å². The van der Waals surface area contributed by atoms with E-state index in [1.165, 1.54) is 5.56 Å². The highest BCUT2D eigenvalue weighted by Crippen LogP contribution is 2.18. The van der Waals surface area contributed by atoms with Crippen molar-refractivity contribution in [1.29, 1.82) is 0 Å². The number of carbonyl (C=O) groups excluding carboxylic acids is 1. The van der Waals surface area contributed by atoms with Gasteiger partial charge in [0.15, 0.2) is 6.04 Å². The Bertz CT molecular complexity index is 432. The Kier molecular flexibility index (Phi) is 5.83. The van der Waals surface area contributed by atoms with Crippen molar-refractivity contribution in [2.45, 2.75) is 33.4 Å². The second-order valence-electron chi connectivity index (χ2n) is 4.95. The number of nitrogens with one attached hydrogen (secondary N) is 2. The third-order valence-corrected chi connectivity index (χ3v) is 3.39. The normalized spacial score (nSPS) is 13.7. The highest BCUT2D eigenvalue weighted by atomic mass is 16.5. The Labute approximate surface area is 115 Å². The number of quaternary nitrogens is 1. The molecule has 4 nitrogen and oxygen atoms in total. The summed E-state index contributed by atoms with van der Waals surface area (Å²) in [6, 6.07) is 6.05. The van der Waals surface area contributed by atoms with Crippen molar-refractivity contribution < 1.29 is 14.4 Å². The van der Waals surface area contributed by atoms with Gasteiger partial charge in [0.2, 0.25) is 0 Å². The summed E-state index contributed by atoms with van der Waals surface area (Å²) in [5.41, 5.74) is 2.34. The summed E-state index contributed by atoms with van der Waals surface area (Å²) in [6.07, 6.45) is 0. The number of carbonyl (C=O) groups is 1. The molecule has 1 aromatic rings. The van der Waals surface area contributed by atoms with E-state index in [-0.39, 0.29) is 11.9 Å². The van der Waals surface area contributed by atoms with Gasteiger partial charge in [-0.3, -0.25) is 4.79 Å². The Morgan fingerprint density at radius 2 is 2.16 bits per heavy atom. The molecule has 0 saturated heterocycles. The van der Waals surface area contributed by atoms with Crippen molar-refractivity contribution in [2.24, 2.45) is 0 Å². The molecule has 19 heavy (non-hydrogen) atoms. The van der Waals surface area contributed by atoms with E-state index in [1.807, 2.05) is 33.0 Å². The second-order valence-corrected chi connectivity index (χ2v) is 4.95. The molecule has 4 heteroatoms. The van der Waals surface area contributed by atoms with Crippen molar-refractivity contribution in [3.63, 3.8) is 0 Å². The molecule has 0 saturated carbocycles. The number of hydrogen-bond donors (Lipinski definition) is 2. The first-order valence-corrected chi connectivity index (χ1v) is 6.73. The highest BCUT2D eigenvalue weighted by molar-refractivity contribution is 5.79. The summed E-state index contributed by atoms with van der Waals surface area (Å²) in [5, 5.41) is 2.86. The summed E-state index contributed by atoms with van der Waals surface area (Å²) in [7, 11) is 3.71. The molecule has 1 rings (SSSR count). The van der Waals surface area contributed by atoms with Crippen LogP contribution in [0.5, 0.6) is 5.75 Å². The van der Waals surface area contributed by atoms with E-state index < -0.39 is 0 Å². The maximum atomic E-state index is 11.8. The van der Waals surface area contributed by atoms with Crippen LogP contribution < -0.4 is 15.0 Å². The molecule has 0 heterocycles. The van der Waals surface area contributed by atoms with Gasteiger partial charge in [-0.15, -0.1) is 0 Å². The molecule has 106 valence electrons. The van der Waals surface area contributed by atoms with Crippen LogP contribution >= 0.6 is 0 Å². The molecule has 2 N–H and O–H groups in total. The monoisotopic (exact) mass is 265 g/mol. The summed E-state index contributed by atoms with van der Waals surface area (Å²) < 4.78 is 5.38. The van der Waals surface area contributed by atoms with Gasteiger partial charge in [-0.2, -0.15) is 0 Å². The van der Waals surface area contributed by atoms with Crippen LogP contribution in [0.15, 0.2) is 18.2 Å². The first-order valence-electron chi connectivity index (χ1n) is 6.73. The Hall–Kier alpha value is -1.55. The maximum absolute atomic E-state index is 11.8. The average Bonchev–Trinajstić information content (AvgIpc) is 2.38. The van der Waals surface area contributed by atoms with Crippen LogP contribution in [0.2, 0.25) is 0 Å². The van der Waals surface area contributed by atoms with Crippen LogP contribution in [0, 0.1) is 6.92 Å². The lowest BCUT2D eigenvalue weighted by molar-refractivity contribution is -0.908. The molecule has 1 unspecified atom stereocenters. The van der Waals surface area contributed by atoms with Gasteiger partial charge < -0.3 is 15.0 Å². The predicted octanol–water partition coefficient (Wildman–Crippen LogP) is 0.543. The van der Waals surface area contributed by atoms with Crippen molar-refractivity contribution in [3.8, 4) is 5.75 Å². The second kappa shape index (κ2) is 7.14. The van der Waals surface area contributed by atoms with Gasteiger partial charge in [0.05, 0.1) is 14.2 Å². The molecule has 0 spiro atoms. The van der Waals surface area contributed by atoms with Gasteiger partial charge in [0.25, 0.3) is 5.91 Å². The van der Waals surface area contributed by atoms with Gasteiger partial charge in [-0.25, -0.2) is 0 Å². The van der Waals surface area contributed by atoms with Crippen molar-refractivity contribution >= 4 is 5.91 Å². The maximum Gasteiger partial charge on any atom is 0.278 e. The molecular weight excluding hydrogens is 240 g/mol. The molecule has 0 aliphatic heterocycles. The lowest BCUT2D eigenvalue weighted by Gasteiger charge is -2.22. The summed E-state index contributed by atoms with van der Waals surface area (Å²) in [5.74, 6) is 0.972. The van der Waals surface area contributed by atoms with Crippen LogP contribution in [0.25, 0.3) is 0 Å². The summed E-state index contributed by atoms with van der Waals surface area (Å²) in [6.45, 7) is 7.38. The zero-order valence-electron chi connectivity index (χ0n) is 12.5. The quantitative estimate of drug-likeness (QED) is 0.788. The zero-order valence-corrected chi connectivity index (χ0v) is 12.5. The highest BCUT2D eigenvalue weighted by Gasteiger charge is 2.22. The number of amides is 1. The van der Waals surface area contributed by atoms with Crippen LogP contribution in [0.1, 0.15) is 25.0 Å². The van der Waals surface area contributed by atoms with Gasteiger partial charge in [0, 0.05) is 12.1 Å². The topological polar surface area (TPSA) is 42.8 Å². The van der Waals surface area contributed by atoms with Gasteiger partial charge in [0.1, 0.15) is 12.3 Å². The number of likely N-dealkylation sites (N-methyl/N-ethyl adjacent to an activating group) is 2. The van der Waals surface area contributed by atoms with E-state index in [9.17, 15) is 4.79 Å². The molecule has 2 atom stereocenters. The Morgan fingerprint density at radius 3 is 2.74 bits per heavy atom. The van der Waals surface area contributed by atoms with E-state index >= 15 is 0 Å². The molecule has 0 bridgehead atoms. The minimum atomic E-state index is -0.0785. The molecule has 0 radical (unpaired) electrons. The number of methoxy groups -OCH3 is 1. The summed E-state index contributed by atoms with van der Waals surface area (Å²) in [4.78, 5) is 13.0. The smallest absolute Gasteiger partial charge is 0.278 e. The molecule has 0 fully saturated rings. The third-order valence-electron chi connectivity index (χ3n) is 3.39. The summed E-state index contributed by atoms with van der Waals surface area (Å²) >= 11 is 0. The number of ether oxygens (including phenoxy) is 1. The van der Waals surface area contributed by atoms with Gasteiger partial charge in [-0.05, 0) is 32.9 Å². The van der Waals surface area contributed by atoms with Crippen LogP contribution in [0.4, 0.5) is 0 Å². The van der Waals surface area contributed by atoms with E-state index in [0.29, 0.717) is 6.54 Å². The zero-order chi connectivity index (χ0) is 14.4. The van der Waals surface area contributed by atoms with Crippen LogP contribution in [-0.4, -0.2) is 32.7 Å². The van der Waals surface area contributed by atoms with Crippen molar-refractivity contribution in [2.75, 3.05) is 20.7 Å². The van der Waals surface area contributed by atoms with Crippen LogP contribution in [0.3, 0.4) is 0 Å². The van der Waals surface area contributed by atoms with Crippen LogP contribution in [-0.2, 0) is 11.3 Å². The number of aryl methyl sites for hydroxylation is 1. The van der Waals surface area contributed by atoms with Gasteiger partial charge in [-0.1, -0.05) is 11.6 Å². The first-order chi connectivity index (χ1) is 8.99. The number of benzene rings is 1. The average molecular weight is 265 g/mol. The third kappa shape index (κ3) is 4.24. The molecular formula is C15H25N2O2+. The standard InChI is InChI=1S/C15H24N2O2/c1-6-16-15(18)12(3)17(4)10-13-9-11(2)7-8-14(13)19-5/h7-9,12H,6,10H2,1-5H3,(H,16,18)/p+1/t12-/m1/s1. The molecule has 0 aliphatic carbocycles. The minimum absolute atomic E-state index is 0.0785. The number of hydrogen-bond acceptors (Lipinski definition) is 2. The molecule has 1 amide bonds. The fourth-order valence-electron chi connectivity index (χ4n) is 2.05. The van der Waals surface area contributed by atoms with E-state index in [4.69, 9.17) is 4.74 Å². The lowest BCUT2D eigenvalue weighted by Crippen LogP contribution is -3.12. The first kappa shape index (κ1) is 15.5. The van der Waals surface area contributed by atoms with Crippen molar-refractivity contribution in [1.82, 2.24) is 5.32 Å². The Morgan fingerprint density at radius 1 is 1.47 bits per heavy atom. The SMILES string of the molecule is CCNC(=O)[C@@H](C)[NH+](C)Cc1cc(C)ccc1OC. The Balaban J connectivity index is 2.78. The van der Waals surface area contributed by atoms with Gasteiger partial charge >= 0.3 is 0 Å². The molecule has 1 aromatic carbocycles. The predicted molar refractivity (Wildman–Crippen MR) is 76.5 cm³/mol. The van der Waals surface area contributed by atoms with E-state index in [1.54, 1.807) is 7.11 Å². The van der Waals surface area contributed by atoms with E-state index in [2.05, 4.69) is 18.3 Å². The lowest BCUT2D eigenvalue weighted by atomic mass is 10.1. The fraction of sp³-hybridized carbons (Fsp3) is 0.533. The van der Waals surface area contributed by atoms with E-state index in [0.717, 1.165) is 22.8 Å². The number of rotatable bonds is 6. The molecule has 0 aliphatic rings. The molecule has 0 aromatic heterocycles. The fourth-order valence-corrected chi connectivity index (χ4v) is 2.05. The minimum Gasteiger partial charge on any atom is -0.496 e. The largest absolute Gasteiger partial charge is 0.496 e.